The predicted molar refractivity (Wildman–Crippen MR) is 105 cm³/mol. The molecule has 1 aliphatic rings. The summed E-state index contributed by atoms with van der Waals surface area (Å²) in [6.45, 7) is 4.82. The number of nitrogens with zero attached hydrogens (tertiary/aromatic N) is 2. The van der Waals surface area contributed by atoms with Gasteiger partial charge in [-0.2, -0.15) is 0 Å². The summed E-state index contributed by atoms with van der Waals surface area (Å²) < 4.78 is 5.30. The van der Waals surface area contributed by atoms with E-state index in [1.54, 1.807) is 6.07 Å². The highest BCUT2D eigenvalue weighted by atomic mass is 35.5. The molecule has 0 spiro atoms. The summed E-state index contributed by atoms with van der Waals surface area (Å²) >= 11 is 6.26. The number of primary amides is 1. The molecule has 1 aliphatic heterocycles. The van der Waals surface area contributed by atoms with Crippen LogP contribution in [-0.4, -0.2) is 43.6 Å². The van der Waals surface area contributed by atoms with Crippen molar-refractivity contribution in [3.05, 3.63) is 59.1 Å². The van der Waals surface area contributed by atoms with Crippen LogP contribution in [0.3, 0.4) is 0 Å². The van der Waals surface area contributed by atoms with Crippen LogP contribution in [0.1, 0.15) is 12.0 Å². The van der Waals surface area contributed by atoms with E-state index in [0.29, 0.717) is 10.8 Å². The molecule has 1 amide bonds. The number of para-hydroxylation sites is 1. The van der Waals surface area contributed by atoms with E-state index < -0.39 is 5.91 Å². The van der Waals surface area contributed by atoms with Gasteiger partial charge in [-0.05, 0) is 36.2 Å². The van der Waals surface area contributed by atoms with E-state index in [-0.39, 0.29) is 6.61 Å². The second-order valence-electron chi connectivity index (χ2n) is 6.47. The molecule has 0 atom stereocenters. The molecule has 0 aromatic heterocycles. The van der Waals surface area contributed by atoms with Gasteiger partial charge in [0, 0.05) is 38.4 Å². The van der Waals surface area contributed by atoms with E-state index in [9.17, 15) is 4.79 Å². The summed E-state index contributed by atoms with van der Waals surface area (Å²) in [5, 5.41) is 0.504. The molecule has 0 aliphatic carbocycles. The molecular weight excluding hydrogens is 350 g/mol. The highest BCUT2D eigenvalue weighted by Gasteiger charge is 2.16. The fourth-order valence-electron chi connectivity index (χ4n) is 3.19. The first-order valence-electron chi connectivity index (χ1n) is 8.84. The monoisotopic (exact) mass is 373 g/mol. The normalized spacial score (nSPS) is 15.5. The van der Waals surface area contributed by atoms with Gasteiger partial charge in [-0.15, -0.1) is 0 Å². The number of amides is 1. The number of hydrogen-bond acceptors (Lipinski definition) is 4. The summed E-state index contributed by atoms with van der Waals surface area (Å²) in [4.78, 5) is 15.7. The van der Waals surface area contributed by atoms with E-state index in [0.717, 1.165) is 44.7 Å². The van der Waals surface area contributed by atoms with Crippen molar-refractivity contribution in [2.24, 2.45) is 5.73 Å². The van der Waals surface area contributed by atoms with Crippen molar-refractivity contribution in [2.45, 2.75) is 13.0 Å². The molecule has 0 radical (unpaired) electrons. The molecule has 5 nitrogen and oxygen atoms in total. The number of benzene rings is 2. The maximum Gasteiger partial charge on any atom is 0.255 e. The fraction of sp³-hybridized carbons (Fsp3) is 0.350. The third-order valence-electron chi connectivity index (χ3n) is 4.48. The maximum absolute atomic E-state index is 10.8. The van der Waals surface area contributed by atoms with Gasteiger partial charge in [-0.25, -0.2) is 0 Å². The van der Waals surface area contributed by atoms with Crippen LogP contribution in [0.5, 0.6) is 5.75 Å². The molecule has 3 rings (SSSR count). The van der Waals surface area contributed by atoms with E-state index in [1.165, 1.54) is 5.69 Å². The highest BCUT2D eigenvalue weighted by molar-refractivity contribution is 6.32. The minimum absolute atomic E-state index is 0.166. The smallest absolute Gasteiger partial charge is 0.255 e. The number of nitrogens with two attached hydrogens (primary N) is 1. The lowest BCUT2D eigenvalue weighted by molar-refractivity contribution is -0.119. The van der Waals surface area contributed by atoms with Crippen LogP contribution in [0.4, 0.5) is 5.69 Å². The molecular formula is C20H24ClN3O2. The second kappa shape index (κ2) is 8.92. The summed E-state index contributed by atoms with van der Waals surface area (Å²) in [5.74, 6) is -0.0296. The summed E-state index contributed by atoms with van der Waals surface area (Å²) in [6, 6.07) is 16.2. The van der Waals surface area contributed by atoms with Crippen LogP contribution < -0.4 is 15.4 Å². The Morgan fingerprint density at radius 3 is 2.62 bits per heavy atom. The quantitative estimate of drug-likeness (QED) is 0.845. The van der Waals surface area contributed by atoms with Gasteiger partial charge < -0.3 is 15.4 Å². The van der Waals surface area contributed by atoms with E-state index in [1.807, 2.05) is 18.2 Å². The van der Waals surface area contributed by atoms with Crippen molar-refractivity contribution < 1.29 is 9.53 Å². The van der Waals surface area contributed by atoms with Crippen LogP contribution in [0, 0.1) is 0 Å². The molecule has 26 heavy (non-hydrogen) atoms. The van der Waals surface area contributed by atoms with Gasteiger partial charge in [0.2, 0.25) is 0 Å². The van der Waals surface area contributed by atoms with Crippen molar-refractivity contribution in [2.75, 3.05) is 37.7 Å². The van der Waals surface area contributed by atoms with Gasteiger partial charge in [0.05, 0.1) is 5.02 Å². The number of carbonyl (C=O) groups is 1. The Labute approximate surface area is 159 Å². The van der Waals surface area contributed by atoms with Crippen LogP contribution >= 0.6 is 11.6 Å². The van der Waals surface area contributed by atoms with Gasteiger partial charge in [-0.3, -0.25) is 9.69 Å². The lowest BCUT2D eigenvalue weighted by atomic mass is 10.2. The predicted octanol–water partition coefficient (Wildman–Crippen LogP) is 2.92. The number of halogens is 1. The zero-order valence-electron chi connectivity index (χ0n) is 14.7. The van der Waals surface area contributed by atoms with Gasteiger partial charge in [0.25, 0.3) is 5.91 Å². The molecule has 1 fully saturated rings. The Bertz CT molecular complexity index is 739. The Morgan fingerprint density at radius 1 is 1.08 bits per heavy atom. The summed E-state index contributed by atoms with van der Waals surface area (Å²) in [7, 11) is 0. The van der Waals surface area contributed by atoms with Gasteiger partial charge in [0.1, 0.15) is 5.75 Å². The van der Waals surface area contributed by atoms with E-state index in [4.69, 9.17) is 22.1 Å². The van der Waals surface area contributed by atoms with Crippen LogP contribution in [-0.2, 0) is 11.3 Å². The van der Waals surface area contributed by atoms with Crippen LogP contribution in [0.2, 0.25) is 5.02 Å². The molecule has 2 aromatic rings. The molecule has 138 valence electrons. The molecule has 6 heteroatoms. The maximum atomic E-state index is 10.8. The Hall–Kier alpha value is -2.24. The number of ether oxygens (including phenoxy) is 1. The first-order valence-corrected chi connectivity index (χ1v) is 9.21. The van der Waals surface area contributed by atoms with E-state index in [2.05, 4.69) is 34.1 Å². The molecule has 0 saturated carbocycles. The Balaban J connectivity index is 1.57. The van der Waals surface area contributed by atoms with Crippen LogP contribution in [0.15, 0.2) is 48.5 Å². The minimum atomic E-state index is -0.516. The lowest BCUT2D eigenvalue weighted by Crippen LogP contribution is -2.30. The topological polar surface area (TPSA) is 58.8 Å². The third-order valence-corrected chi connectivity index (χ3v) is 4.78. The number of carbonyl (C=O) groups excluding carboxylic acids is 1. The Kier molecular flexibility index (Phi) is 6.36. The standard InChI is InChI=1S/C20H24ClN3O2/c21-18-13-16(7-8-19(18)26-15-20(22)25)14-23-9-4-10-24(12-11-23)17-5-2-1-3-6-17/h1-3,5-8,13H,4,9-12,14-15H2,(H2,22,25). The van der Waals surface area contributed by atoms with Gasteiger partial charge in [-0.1, -0.05) is 35.9 Å². The molecule has 1 saturated heterocycles. The molecule has 0 bridgehead atoms. The largest absolute Gasteiger partial charge is 0.482 e. The second-order valence-corrected chi connectivity index (χ2v) is 6.88. The van der Waals surface area contributed by atoms with Gasteiger partial charge in [0.15, 0.2) is 6.61 Å². The number of anilines is 1. The third kappa shape index (κ3) is 5.13. The average Bonchev–Trinajstić information content (AvgIpc) is 2.87. The van der Waals surface area contributed by atoms with Crippen molar-refractivity contribution in [3.8, 4) is 5.75 Å². The van der Waals surface area contributed by atoms with Crippen molar-refractivity contribution >= 4 is 23.2 Å². The molecule has 0 unspecified atom stereocenters. The average molecular weight is 374 g/mol. The number of rotatable bonds is 6. The summed E-state index contributed by atoms with van der Waals surface area (Å²) in [6.07, 6.45) is 1.13. The van der Waals surface area contributed by atoms with Crippen molar-refractivity contribution in [1.29, 1.82) is 0 Å². The fourth-order valence-corrected chi connectivity index (χ4v) is 3.45. The summed E-state index contributed by atoms with van der Waals surface area (Å²) in [5.41, 5.74) is 7.51. The molecule has 2 aromatic carbocycles. The SMILES string of the molecule is NC(=O)COc1ccc(CN2CCCN(c3ccccc3)CC2)cc1Cl. The Morgan fingerprint density at radius 2 is 1.88 bits per heavy atom. The number of hydrogen-bond donors (Lipinski definition) is 1. The highest BCUT2D eigenvalue weighted by Crippen LogP contribution is 2.26. The minimum Gasteiger partial charge on any atom is -0.482 e. The lowest BCUT2D eigenvalue weighted by Gasteiger charge is -2.23. The zero-order chi connectivity index (χ0) is 18.4. The zero-order valence-corrected chi connectivity index (χ0v) is 15.5. The van der Waals surface area contributed by atoms with Gasteiger partial charge >= 0.3 is 0 Å². The first kappa shape index (κ1) is 18.5. The van der Waals surface area contributed by atoms with E-state index >= 15 is 0 Å². The first-order chi connectivity index (χ1) is 12.6. The molecule has 2 N–H and O–H groups in total. The van der Waals surface area contributed by atoms with Crippen molar-refractivity contribution in [1.82, 2.24) is 4.90 Å². The molecule has 1 heterocycles. The van der Waals surface area contributed by atoms with Crippen molar-refractivity contribution in [3.63, 3.8) is 0 Å². The van der Waals surface area contributed by atoms with Crippen LogP contribution in [0.25, 0.3) is 0 Å².